The lowest BCUT2D eigenvalue weighted by Crippen LogP contribution is -3.00. The van der Waals surface area contributed by atoms with Gasteiger partial charge in [0.2, 0.25) is 5.91 Å². The van der Waals surface area contributed by atoms with Crippen molar-refractivity contribution in [2.75, 3.05) is 6.54 Å². The summed E-state index contributed by atoms with van der Waals surface area (Å²) in [7, 11) is 0. The first kappa shape index (κ1) is 34.3. The lowest BCUT2D eigenvalue weighted by Gasteiger charge is -2.34. The second kappa shape index (κ2) is 17.2. The Morgan fingerprint density at radius 3 is 2.02 bits per heavy atom. The molecule has 1 heterocycles. The fraction of sp³-hybridized carbons (Fsp3) is 0.719. The lowest BCUT2D eigenvalue weighted by atomic mass is 9.97. The second-order valence-electron chi connectivity index (χ2n) is 12.1. The summed E-state index contributed by atoms with van der Waals surface area (Å²) in [5.74, 6) is -1.07. The summed E-state index contributed by atoms with van der Waals surface area (Å²) in [5, 5.41) is 2.97. The van der Waals surface area contributed by atoms with Gasteiger partial charge in [-0.05, 0) is 57.9 Å². The monoisotopic (exact) mass is 607 g/mol. The molecule has 2 amide bonds. The lowest BCUT2D eigenvalue weighted by molar-refractivity contribution is -0.423. The molecule has 1 aromatic rings. The average Bonchev–Trinajstić information content (AvgIpc) is 3.49. The van der Waals surface area contributed by atoms with E-state index in [0.29, 0.717) is 19.4 Å². The van der Waals surface area contributed by atoms with Crippen LogP contribution in [0.4, 0.5) is 0 Å². The predicted octanol–water partition coefficient (Wildman–Crippen LogP) is 0.296. The number of nitrogens with zero attached hydrogens (tertiary/aromatic N) is 1. The van der Waals surface area contributed by atoms with Crippen molar-refractivity contribution in [2.45, 2.75) is 140 Å². The summed E-state index contributed by atoms with van der Waals surface area (Å²) in [6.45, 7) is 4.31. The van der Waals surface area contributed by atoms with Gasteiger partial charge in [0.15, 0.2) is 6.04 Å². The van der Waals surface area contributed by atoms with E-state index in [-0.39, 0.29) is 49.1 Å². The van der Waals surface area contributed by atoms with Crippen molar-refractivity contribution in [3.8, 4) is 0 Å². The number of nitrogens with one attached hydrogen (secondary N) is 1. The number of esters is 1. The van der Waals surface area contributed by atoms with E-state index in [1.54, 1.807) is 4.90 Å². The molecule has 0 aromatic heterocycles. The van der Waals surface area contributed by atoms with Gasteiger partial charge in [0.25, 0.3) is 5.91 Å². The third-order valence-corrected chi connectivity index (χ3v) is 8.89. The normalized spacial score (nSPS) is 22.8. The Labute approximate surface area is 257 Å². The maximum atomic E-state index is 14.0. The SMILES string of the molecule is C[C@@H](OC1CCCCC1)[C@H]([NH3+])C(=O)N[C@H](C(=O)N1CCC[C@H]1C(=O)OCc1ccccc1)[C@@H](C)OC1CCCCC1.[Cl-]. The van der Waals surface area contributed by atoms with E-state index in [1.165, 1.54) is 12.8 Å². The third-order valence-electron chi connectivity index (χ3n) is 8.89. The summed E-state index contributed by atoms with van der Waals surface area (Å²) in [4.78, 5) is 42.1. The van der Waals surface area contributed by atoms with Crippen molar-refractivity contribution in [3.63, 3.8) is 0 Å². The molecule has 10 heteroatoms. The van der Waals surface area contributed by atoms with Gasteiger partial charge in [-0.25, -0.2) is 4.79 Å². The van der Waals surface area contributed by atoms with Crippen LogP contribution in [0.2, 0.25) is 0 Å². The van der Waals surface area contributed by atoms with Crippen molar-refractivity contribution < 1.29 is 46.7 Å². The van der Waals surface area contributed by atoms with Crippen LogP contribution < -0.4 is 23.5 Å². The Hall–Kier alpha value is -2.20. The smallest absolute Gasteiger partial charge is 0.329 e. The van der Waals surface area contributed by atoms with E-state index in [9.17, 15) is 14.4 Å². The van der Waals surface area contributed by atoms with Gasteiger partial charge < -0.3 is 42.6 Å². The van der Waals surface area contributed by atoms with Crippen LogP contribution in [-0.2, 0) is 35.2 Å². The van der Waals surface area contributed by atoms with Crippen molar-refractivity contribution in [2.24, 2.45) is 0 Å². The van der Waals surface area contributed by atoms with Crippen LogP contribution in [0.5, 0.6) is 0 Å². The number of quaternary nitrogens is 1. The van der Waals surface area contributed by atoms with Crippen molar-refractivity contribution in [1.29, 1.82) is 0 Å². The van der Waals surface area contributed by atoms with Crippen molar-refractivity contribution in [1.82, 2.24) is 10.2 Å². The minimum absolute atomic E-state index is 0. The minimum Gasteiger partial charge on any atom is -1.00 e. The zero-order valence-electron chi connectivity index (χ0n) is 25.3. The van der Waals surface area contributed by atoms with Crippen LogP contribution in [-0.4, -0.2) is 71.8 Å². The zero-order chi connectivity index (χ0) is 29.2. The number of halogens is 1. The highest BCUT2D eigenvalue weighted by molar-refractivity contribution is 5.92. The van der Waals surface area contributed by atoms with E-state index >= 15 is 0 Å². The standard InChI is InChI=1S/C32H49N3O6.ClH/c1-22(40-25-15-8-4-9-16-25)28(33)30(36)34-29(23(2)41-26-17-10-5-11-18-26)31(37)35-20-12-19-27(35)32(38)39-21-24-13-6-3-7-14-24;/h3,6-7,13-14,22-23,25-29H,4-5,8-12,15-21,33H2,1-2H3,(H,34,36);1H/t22-,23-,27+,28+,29+;/m1./s1. The molecule has 1 saturated heterocycles. The Balaban J connectivity index is 0.00000484. The number of carbonyl (C=O) groups excluding carboxylic acids is 3. The van der Waals surface area contributed by atoms with Crippen LogP contribution in [0.15, 0.2) is 30.3 Å². The van der Waals surface area contributed by atoms with E-state index in [0.717, 1.165) is 56.9 Å². The number of ether oxygens (including phenoxy) is 3. The van der Waals surface area contributed by atoms with Gasteiger partial charge >= 0.3 is 5.97 Å². The first-order valence-electron chi connectivity index (χ1n) is 15.8. The topological polar surface area (TPSA) is 122 Å². The molecule has 2 saturated carbocycles. The highest BCUT2D eigenvalue weighted by Crippen LogP contribution is 2.25. The van der Waals surface area contributed by atoms with Crippen LogP contribution in [0.25, 0.3) is 0 Å². The number of benzene rings is 1. The predicted molar refractivity (Wildman–Crippen MR) is 154 cm³/mol. The summed E-state index contributed by atoms with van der Waals surface area (Å²) < 4.78 is 18.2. The maximum Gasteiger partial charge on any atom is 0.329 e. The quantitative estimate of drug-likeness (QED) is 0.330. The molecule has 0 spiro atoms. The molecule has 4 rings (SSSR count). The highest BCUT2D eigenvalue weighted by Gasteiger charge is 2.42. The Morgan fingerprint density at radius 2 is 1.43 bits per heavy atom. The number of likely N-dealkylation sites (tertiary alicyclic amines) is 1. The molecule has 0 radical (unpaired) electrons. The Morgan fingerprint density at radius 1 is 0.857 bits per heavy atom. The van der Waals surface area contributed by atoms with Gasteiger partial charge in [0, 0.05) is 6.54 Å². The molecule has 4 N–H and O–H groups in total. The molecule has 9 nitrogen and oxygen atoms in total. The van der Waals surface area contributed by atoms with Gasteiger partial charge in [0.1, 0.15) is 24.8 Å². The molecule has 3 aliphatic rings. The molecule has 1 aromatic carbocycles. The first-order chi connectivity index (χ1) is 19.8. The summed E-state index contributed by atoms with van der Waals surface area (Å²) >= 11 is 0. The van der Waals surface area contributed by atoms with Crippen LogP contribution in [0, 0.1) is 0 Å². The number of rotatable bonds is 12. The summed E-state index contributed by atoms with van der Waals surface area (Å²) in [5.41, 5.74) is 5.00. The molecular weight excluding hydrogens is 558 g/mol. The molecule has 42 heavy (non-hydrogen) atoms. The molecular formula is C32H50ClN3O6. The molecule has 3 fully saturated rings. The fourth-order valence-electron chi connectivity index (χ4n) is 6.32. The molecule has 236 valence electrons. The largest absolute Gasteiger partial charge is 1.00 e. The molecule has 1 aliphatic heterocycles. The number of hydrogen-bond donors (Lipinski definition) is 2. The Kier molecular flexibility index (Phi) is 14.0. The van der Waals surface area contributed by atoms with Gasteiger partial charge in [-0.1, -0.05) is 68.9 Å². The Bertz CT molecular complexity index is 986. The van der Waals surface area contributed by atoms with E-state index in [1.807, 2.05) is 44.2 Å². The molecule has 5 atom stereocenters. The molecule has 0 bridgehead atoms. The van der Waals surface area contributed by atoms with E-state index in [4.69, 9.17) is 14.2 Å². The molecule has 2 aliphatic carbocycles. The number of amides is 2. The van der Waals surface area contributed by atoms with Crippen LogP contribution in [0.1, 0.15) is 96.5 Å². The first-order valence-corrected chi connectivity index (χ1v) is 15.8. The van der Waals surface area contributed by atoms with Crippen molar-refractivity contribution >= 4 is 17.8 Å². The van der Waals surface area contributed by atoms with Gasteiger partial charge in [-0.15, -0.1) is 0 Å². The van der Waals surface area contributed by atoms with Gasteiger partial charge in [-0.2, -0.15) is 0 Å². The maximum absolute atomic E-state index is 14.0. The van der Waals surface area contributed by atoms with Crippen molar-refractivity contribution in [3.05, 3.63) is 35.9 Å². The number of carbonyl (C=O) groups is 3. The van der Waals surface area contributed by atoms with Gasteiger partial charge in [0.05, 0.1) is 18.3 Å². The fourth-order valence-corrected chi connectivity index (χ4v) is 6.32. The molecule has 0 unspecified atom stereocenters. The van der Waals surface area contributed by atoms with Crippen LogP contribution >= 0.6 is 0 Å². The van der Waals surface area contributed by atoms with Gasteiger partial charge in [-0.3, -0.25) is 9.59 Å². The minimum atomic E-state index is -0.932. The van der Waals surface area contributed by atoms with Crippen LogP contribution in [0.3, 0.4) is 0 Å². The summed E-state index contributed by atoms with van der Waals surface area (Å²) in [6, 6.07) is 7.20. The number of hydrogen-bond acceptors (Lipinski definition) is 6. The highest BCUT2D eigenvalue weighted by atomic mass is 35.5. The van der Waals surface area contributed by atoms with E-state index < -0.39 is 30.2 Å². The summed E-state index contributed by atoms with van der Waals surface area (Å²) in [6.07, 6.45) is 11.3. The zero-order valence-corrected chi connectivity index (χ0v) is 26.1. The average molecular weight is 608 g/mol. The third kappa shape index (κ3) is 9.66. The van der Waals surface area contributed by atoms with E-state index in [2.05, 4.69) is 11.1 Å². The second-order valence-corrected chi connectivity index (χ2v) is 12.1.